The number of nitrogens with zero attached hydrogens (tertiary/aromatic N) is 1. The smallest absolute Gasteiger partial charge is 0.271 e. The van der Waals surface area contributed by atoms with Crippen molar-refractivity contribution >= 4 is 17.2 Å². The summed E-state index contributed by atoms with van der Waals surface area (Å²) in [7, 11) is 1.62. The van der Waals surface area contributed by atoms with E-state index in [0.717, 1.165) is 21.9 Å². The molecule has 0 fully saturated rings. The summed E-state index contributed by atoms with van der Waals surface area (Å²) in [6.07, 6.45) is 0. The van der Waals surface area contributed by atoms with Gasteiger partial charge in [0.2, 0.25) is 0 Å². The maximum absolute atomic E-state index is 12.0. The number of hydrogen-bond donors (Lipinski definition) is 2. The van der Waals surface area contributed by atoms with Crippen LogP contribution in [0.2, 0.25) is 0 Å². The van der Waals surface area contributed by atoms with Crippen LogP contribution < -0.4 is 15.8 Å². The van der Waals surface area contributed by atoms with Gasteiger partial charge in [-0.2, -0.15) is 0 Å². The third-order valence-electron chi connectivity index (χ3n) is 2.84. The van der Waals surface area contributed by atoms with Crippen LogP contribution in [-0.2, 0) is 13.1 Å². The van der Waals surface area contributed by atoms with Gasteiger partial charge >= 0.3 is 0 Å². The molecule has 0 aliphatic carbocycles. The number of thiazole rings is 1. The van der Waals surface area contributed by atoms with Crippen molar-refractivity contribution in [3.63, 3.8) is 0 Å². The van der Waals surface area contributed by atoms with Crippen LogP contribution in [0.15, 0.2) is 23.6 Å². The second kappa shape index (κ2) is 6.49. The number of carbonyl (C=O) groups excluding carboxylic acids is 1. The number of carbonyl (C=O) groups is 1. The van der Waals surface area contributed by atoms with Crippen LogP contribution in [0, 0.1) is 6.92 Å². The normalized spacial score (nSPS) is 10.3. The first kappa shape index (κ1) is 14.5. The van der Waals surface area contributed by atoms with Crippen LogP contribution in [0.5, 0.6) is 5.75 Å². The van der Waals surface area contributed by atoms with Crippen molar-refractivity contribution in [1.29, 1.82) is 0 Å². The Morgan fingerprint density at radius 3 is 2.95 bits per heavy atom. The van der Waals surface area contributed by atoms with Crippen LogP contribution in [-0.4, -0.2) is 18.0 Å². The predicted octanol–water partition coefficient (Wildman–Crippen LogP) is 1.85. The molecule has 0 saturated carbocycles. The number of benzene rings is 1. The van der Waals surface area contributed by atoms with Crippen molar-refractivity contribution in [2.45, 2.75) is 20.0 Å². The molecule has 1 aromatic heterocycles. The third kappa shape index (κ3) is 3.34. The highest BCUT2D eigenvalue weighted by atomic mass is 32.1. The molecule has 1 heterocycles. The molecule has 3 N–H and O–H groups in total. The monoisotopic (exact) mass is 291 g/mol. The second-order valence-corrected chi connectivity index (χ2v) is 5.27. The van der Waals surface area contributed by atoms with Crippen molar-refractivity contribution < 1.29 is 9.53 Å². The number of aromatic nitrogens is 1. The number of methoxy groups -OCH3 is 1. The fraction of sp³-hybridized carbons (Fsp3) is 0.286. The molecule has 0 aliphatic heterocycles. The predicted molar refractivity (Wildman–Crippen MR) is 78.9 cm³/mol. The quantitative estimate of drug-likeness (QED) is 0.881. The van der Waals surface area contributed by atoms with Gasteiger partial charge in [-0.25, -0.2) is 4.98 Å². The molecular weight excluding hydrogens is 274 g/mol. The summed E-state index contributed by atoms with van der Waals surface area (Å²) < 4.78 is 5.30. The molecule has 20 heavy (non-hydrogen) atoms. The summed E-state index contributed by atoms with van der Waals surface area (Å²) in [5.41, 5.74) is 7.93. The number of aryl methyl sites for hydroxylation is 1. The third-order valence-corrected chi connectivity index (χ3v) is 3.71. The minimum absolute atomic E-state index is 0.205. The highest BCUT2D eigenvalue weighted by Gasteiger charge is 2.11. The molecule has 106 valence electrons. The van der Waals surface area contributed by atoms with Crippen LogP contribution in [0.1, 0.15) is 26.6 Å². The van der Waals surface area contributed by atoms with Gasteiger partial charge in [-0.3, -0.25) is 4.79 Å². The summed E-state index contributed by atoms with van der Waals surface area (Å²) in [5.74, 6) is 0.565. The van der Waals surface area contributed by atoms with Crippen molar-refractivity contribution in [3.8, 4) is 5.75 Å². The average Bonchev–Trinajstić information content (AvgIpc) is 2.94. The lowest BCUT2D eigenvalue weighted by Gasteiger charge is -2.10. The molecule has 0 atom stereocenters. The van der Waals surface area contributed by atoms with Gasteiger partial charge in [0, 0.05) is 24.0 Å². The molecular formula is C14H17N3O2S. The standard InChI is InChI=1S/C14H17N3O2S/c1-9-3-4-10(12(5-9)19-2)7-16-14(18)11-8-20-13(6-15)17-11/h3-5,8H,6-7,15H2,1-2H3,(H,16,18). The van der Waals surface area contributed by atoms with E-state index < -0.39 is 0 Å². The Kier molecular flexibility index (Phi) is 4.70. The van der Waals surface area contributed by atoms with Gasteiger partial charge in [0.25, 0.3) is 5.91 Å². The second-order valence-electron chi connectivity index (χ2n) is 4.33. The van der Waals surface area contributed by atoms with E-state index in [-0.39, 0.29) is 5.91 Å². The molecule has 1 aromatic carbocycles. The van der Waals surface area contributed by atoms with Crippen molar-refractivity contribution in [1.82, 2.24) is 10.3 Å². The highest BCUT2D eigenvalue weighted by molar-refractivity contribution is 7.09. The van der Waals surface area contributed by atoms with Crippen LogP contribution in [0.25, 0.3) is 0 Å². The lowest BCUT2D eigenvalue weighted by atomic mass is 10.1. The zero-order chi connectivity index (χ0) is 14.5. The molecule has 2 rings (SSSR count). The van der Waals surface area contributed by atoms with Crippen LogP contribution in [0.4, 0.5) is 0 Å². The molecule has 2 aromatic rings. The molecule has 0 aliphatic rings. The number of rotatable bonds is 5. The Morgan fingerprint density at radius 2 is 2.30 bits per heavy atom. The Balaban J connectivity index is 2.03. The highest BCUT2D eigenvalue weighted by Crippen LogP contribution is 2.19. The topological polar surface area (TPSA) is 77.2 Å². The Labute approximate surface area is 121 Å². The van der Waals surface area contributed by atoms with Crippen molar-refractivity contribution in [2.24, 2.45) is 5.73 Å². The summed E-state index contributed by atoms with van der Waals surface area (Å²) in [6.45, 7) is 2.75. The molecule has 6 heteroatoms. The zero-order valence-corrected chi connectivity index (χ0v) is 12.3. The fourth-order valence-corrected chi connectivity index (χ4v) is 2.43. The Morgan fingerprint density at radius 1 is 1.50 bits per heavy atom. The molecule has 0 bridgehead atoms. The lowest BCUT2D eigenvalue weighted by Crippen LogP contribution is -2.23. The van der Waals surface area contributed by atoms with E-state index in [1.54, 1.807) is 12.5 Å². The maximum Gasteiger partial charge on any atom is 0.271 e. The molecule has 0 saturated heterocycles. The van der Waals surface area contributed by atoms with Crippen LogP contribution in [0.3, 0.4) is 0 Å². The first-order chi connectivity index (χ1) is 9.63. The zero-order valence-electron chi connectivity index (χ0n) is 11.5. The number of ether oxygens (including phenoxy) is 1. The number of nitrogens with one attached hydrogen (secondary N) is 1. The Hall–Kier alpha value is -1.92. The molecule has 0 unspecified atom stereocenters. The van der Waals surface area contributed by atoms with Gasteiger partial charge in [-0.1, -0.05) is 12.1 Å². The number of amides is 1. The van der Waals surface area contributed by atoms with E-state index >= 15 is 0 Å². The minimum Gasteiger partial charge on any atom is -0.496 e. The fourth-order valence-electron chi connectivity index (χ4n) is 1.77. The van der Waals surface area contributed by atoms with Gasteiger partial charge in [-0.05, 0) is 18.6 Å². The summed E-state index contributed by atoms with van der Waals surface area (Å²) in [6, 6.07) is 5.87. The van der Waals surface area contributed by atoms with Crippen molar-refractivity contribution in [3.05, 3.63) is 45.4 Å². The number of nitrogens with two attached hydrogens (primary N) is 1. The SMILES string of the molecule is COc1cc(C)ccc1CNC(=O)c1csc(CN)n1. The summed E-state index contributed by atoms with van der Waals surface area (Å²) >= 11 is 1.39. The molecule has 0 spiro atoms. The number of hydrogen-bond acceptors (Lipinski definition) is 5. The van der Waals surface area contributed by atoms with E-state index in [1.807, 2.05) is 25.1 Å². The largest absolute Gasteiger partial charge is 0.496 e. The molecule has 0 radical (unpaired) electrons. The molecule has 5 nitrogen and oxygen atoms in total. The van der Waals surface area contributed by atoms with Crippen molar-refractivity contribution in [2.75, 3.05) is 7.11 Å². The first-order valence-corrected chi connectivity index (χ1v) is 7.08. The van der Waals surface area contributed by atoms with Gasteiger partial charge < -0.3 is 15.8 Å². The first-order valence-electron chi connectivity index (χ1n) is 6.20. The van der Waals surface area contributed by atoms with E-state index in [4.69, 9.17) is 10.5 Å². The lowest BCUT2D eigenvalue weighted by molar-refractivity contribution is 0.0946. The van der Waals surface area contributed by atoms with E-state index in [1.165, 1.54) is 11.3 Å². The summed E-state index contributed by atoms with van der Waals surface area (Å²) in [4.78, 5) is 16.1. The minimum atomic E-state index is -0.205. The maximum atomic E-state index is 12.0. The summed E-state index contributed by atoms with van der Waals surface area (Å²) in [5, 5.41) is 5.30. The van der Waals surface area contributed by atoms with Gasteiger partial charge in [0.05, 0.1) is 7.11 Å². The van der Waals surface area contributed by atoms with Gasteiger partial charge in [0.1, 0.15) is 16.5 Å². The van der Waals surface area contributed by atoms with E-state index in [0.29, 0.717) is 18.8 Å². The van der Waals surface area contributed by atoms with E-state index in [9.17, 15) is 4.79 Å². The van der Waals surface area contributed by atoms with E-state index in [2.05, 4.69) is 10.3 Å². The average molecular weight is 291 g/mol. The Bertz CT molecular complexity index is 610. The van der Waals surface area contributed by atoms with Gasteiger partial charge in [0.15, 0.2) is 0 Å². The van der Waals surface area contributed by atoms with Gasteiger partial charge in [-0.15, -0.1) is 11.3 Å². The van der Waals surface area contributed by atoms with Crippen LogP contribution >= 0.6 is 11.3 Å². The molecule has 1 amide bonds.